The Kier molecular flexibility index (Phi) is 7.28. The third-order valence-electron chi connectivity index (χ3n) is 4.50. The topological polar surface area (TPSA) is 47.6 Å². The Hall–Kier alpha value is -2.49. The van der Waals surface area contributed by atoms with Crippen LogP contribution in [0.15, 0.2) is 48.5 Å². The average Bonchev–Trinajstić information content (AvgIpc) is 2.65. The van der Waals surface area contributed by atoms with E-state index in [1.54, 1.807) is 14.0 Å². The standard InChI is InChI=1S/C23H31NO3/c1-17(27-21-14-10-19(11-15-21)23(2,3)4)22(25)24-16-6-7-18-8-12-20(26-5)13-9-18/h8-15,17H,6-7,16H2,1-5H3,(H,24,25). The number of hydrogen-bond acceptors (Lipinski definition) is 3. The zero-order valence-corrected chi connectivity index (χ0v) is 17.0. The number of benzene rings is 2. The molecule has 0 spiro atoms. The van der Waals surface area contributed by atoms with Gasteiger partial charge in [0, 0.05) is 6.54 Å². The molecule has 0 saturated heterocycles. The first kappa shape index (κ1) is 20.8. The molecular formula is C23H31NO3. The molecule has 1 N–H and O–H groups in total. The van der Waals surface area contributed by atoms with E-state index in [0.717, 1.165) is 18.6 Å². The third-order valence-corrected chi connectivity index (χ3v) is 4.50. The molecule has 146 valence electrons. The Labute approximate surface area is 162 Å². The van der Waals surface area contributed by atoms with Crippen molar-refractivity contribution in [2.75, 3.05) is 13.7 Å². The van der Waals surface area contributed by atoms with Gasteiger partial charge in [-0.1, -0.05) is 45.0 Å². The summed E-state index contributed by atoms with van der Waals surface area (Å²) in [7, 11) is 1.66. The van der Waals surface area contributed by atoms with Crippen molar-refractivity contribution in [3.8, 4) is 11.5 Å². The molecule has 2 aromatic carbocycles. The second-order valence-corrected chi connectivity index (χ2v) is 7.78. The molecule has 0 aliphatic heterocycles. The predicted molar refractivity (Wildman–Crippen MR) is 110 cm³/mol. The Balaban J connectivity index is 1.73. The Bertz CT molecular complexity index is 715. The lowest BCUT2D eigenvalue weighted by Crippen LogP contribution is -2.36. The number of carbonyl (C=O) groups is 1. The van der Waals surface area contributed by atoms with Gasteiger partial charge in [-0.3, -0.25) is 4.79 Å². The first-order valence-corrected chi connectivity index (χ1v) is 9.47. The van der Waals surface area contributed by atoms with Gasteiger partial charge in [0.05, 0.1) is 7.11 Å². The molecule has 2 rings (SSSR count). The van der Waals surface area contributed by atoms with Gasteiger partial charge in [-0.05, 0) is 60.6 Å². The van der Waals surface area contributed by atoms with Crippen LogP contribution in [0.5, 0.6) is 11.5 Å². The van der Waals surface area contributed by atoms with Gasteiger partial charge >= 0.3 is 0 Å². The highest BCUT2D eigenvalue weighted by Crippen LogP contribution is 2.24. The van der Waals surface area contributed by atoms with E-state index in [4.69, 9.17) is 9.47 Å². The van der Waals surface area contributed by atoms with E-state index in [9.17, 15) is 4.79 Å². The highest BCUT2D eigenvalue weighted by molar-refractivity contribution is 5.80. The van der Waals surface area contributed by atoms with Gasteiger partial charge in [0.25, 0.3) is 5.91 Å². The summed E-state index contributed by atoms with van der Waals surface area (Å²) < 4.78 is 10.9. The molecular weight excluding hydrogens is 338 g/mol. The zero-order valence-electron chi connectivity index (χ0n) is 17.0. The van der Waals surface area contributed by atoms with Gasteiger partial charge in [-0.25, -0.2) is 0 Å². The molecule has 0 fully saturated rings. The highest BCUT2D eigenvalue weighted by atomic mass is 16.5. The fraction of sp³-hybridized carbons (Fsp3) is 0.435. The lowest BCUT2D eigenvalue weighted by atomic mass is 9.87. The van der Waals surface area contributed by atoms with E-state index < -0.39 is 6.10 Å². The number of aryl methyl sites for hydroxylation is 1. The van der Waals surface area contributed by atoms with Crippen molar-refractivity contribution in [2.45, 2.75) is 52.1 Å². The minimum absolute atomic E-state index is 0.0929. The Morgan fingerprint density at radius 1 is 1.00 bits per heavy atom. The van der Waals surface area contributed by atoms with E-state index in [1.165, 1.54) is 11.1 Å². The summed E-state index contributed by atoms with van der Waals surface area (Å²) in [4.78, 5) is 12.2. The molecule has 27 heavy (non-hydrogen) atoms. The summed E-state index contributed by atoms with van der Waals surface area (Å²) in [6.45, 7) is 8.92. The molecule has 0 aromatic heterocycles. The van der Waals surface area contributed by atoms with Gasteiger partial charge in [-0.2, -0.15) is 0 Å². The van der Waals surface area contributed by atoms with E-state index in [0.29, 0.717) is 12.3 Å². The fourth-order valence-corrected chi connectivity index (χ4v) is 2.73. The van der Waals surface area contributed by atoms with E-state index in [2.05, 4.69) is 38.2 Å². The van der Waals surface area contributed by atoms with Gasteiger partial charge < -0.3 is 14.8 Å². The van der Waals surface area contributed by atoms with Crippen molar-refractivity contribution in [3.05, 3.63) is 59.7 Å². The van der Waals surface area contributed by atoms with Crippen LogP contribution in [0.25, 0.3) is 0 Å². The van der Waals surface area contributed by atoms with Gasteiger partial charge in [-0.15, -0.1) is 0 Å². The monoisotopic (exact) mass is 369 g/mol. The third kappa shape index (κ3) is 6.63. The molecule has 0 radical (unpaired) electrons. The van der Waals surface area contributed by atoms with Crippen LogP contribution < -0.4 is 14.8 Å². The summed E-state index contributed by atoms with van der Waals surface area (Å²) >= 11 is 0. The number of amides is 1. The molecule has 1 amide bonds. The number of ether oxygens (including phenoxy) is 2. The van der Waals surface area contributed by atoms with E-state index in [1.807, 2.05) is 36.4 Å². The summed E-state index contributed by atoms with van der Waals surface area (Å²) in [6.07, 6.45) is 1.27. The van der Waals surface area contributed by atoms with Crippen LogP contribution in [0.4, 0.5) is 0 Å². The molecule has 0 saturated carbocycles. The molecule has 1 unspecified atom stereocenters. The Morgan fingerprint density at radius 3 is 2.15 bits per heavy atom. The van der Waals surface area contributed by atoms with Gasteiger partial charge in [0.15, 0.2) is 6.10 Å². The van der Waals surface area contributed by atoms with Gasteiger partial charge in [0.1, 0.15) is 11.5 Å². The largest absolute Gasteiger partial charge is 0.497 e. The maximum atomic E-state index is 12.2. The quantitative estimate of drug-likeness (QED) is 0.697. The van der Waals surface area contributed by atoms with Crippen LogP contribution in [-0.4, -0.2) is 25.7 Å². The molecule has 1 atom stereocenters. The molecule has 4 nitrogen and oxygen atoms in total. The van der Waals surface area contributed by atoms with Gasteiger partial charge in [0.2, 0.25) is 0 Å². The van der Waals surface area contributed by atoms with Crippen LogP contribution in [0.3, 0.4) is 0 Å². The molecule has 0 heterocycles. The lowest BCUT2D eigenvalue weighted by molar-refractivity contribution is -0.127. The van der Waals surface area contributed by atoms with Crippen LogP contribution in [0.2, 0.25) is 0 Å². The number of nitrogens with one attached hydrogen (secondary N) is 1. The Morgan fingerprint density at radius 2 is 1.59 bits per heavy atom. The zero-order chi connectivity index (χ0) is 19.9. The summed E-state index contributed by atoms with van der Waals surface area (Å²) in [5.74, 6) is 1.47. The number of methoxy groups -OCH3 is 1. The summed E-state index contributed by atoms with van der Waals surface area (Å²) in [5, 5.41) is 2.94. The smallest absolute Gasteiger partial charge is 0.260 e. The number of rotatable bonds is 8. The fourth-order valence-electron chi connectivity index (χ4n) is 2.73. The molecule has 2 aromatic rings. The first-order chi connectivity index (χ1) is 12.8. The predicted octanol–water partition coefficient (Wildman–Crippen LogP) is 4.51. The molecule has 0 bridgehead atoms. The highest BCUT2D eigenvalue weighted by Gasteiger charge is 2.16. The van der Waals surface area contributed by atoms with Crippen LogP contribution in [0, 0.1) is 0 Å². The number of carbonyl (C=O) groups excluding carboxylic acids is 1. The maximum absolute atomic E-state index is 12.2. The average molecular weight is 370 g/mol. The summed E-state index contributed by atoms with van der Waals surface area (Å²) in [6, 6.07) is 16.0. The second-order valence-electron chi connectivity index (χ2n) is 7.78. The van der Waals surface area contributed by atoms with Crippen LogP contribution in [-0.2, 0) is 16.6 Å². The molecule has 0 aliphatic carbocycles. The van der Waals surface area contributed by atoms with Crippen molar-refractivity contribution >= 4 is 5.91 Å². The van der Waals surface area contributed by atoms with Crippen molar-refractivity contribution in [3.63, 3.8) is 0 Å². The van der Waals surface area contributed by atoms with Crippen LogP contribution in [0.1, 0.15) is 45.2 Å². The minimum atomic E-state index is -0.522. The van der Waals surface area contributed by atoms with Crippen molar-refractivity contribution < 1.29 is 14.3 Å². The first-order valence-electron chi connectivity index (χ1n) is 9.47. The number of hydrogen-bond donors (Lipinski definition) is 1. The molecule has 0 aliphatic rings. The second kappa shape index (κ2) is 9.45. The van der Waals surface area contributed by atoms with Crippen LogP contribution >= 0.6 is 0 Å². The lowest BCUT2D eigenvalue weighted by Gasteiger charge is -2.20. The molecule has 4 heteroatoms. The summed E-state index contributed by atoms with van der Waals surface area (Å²) in [5.41, 5.74) is 2.57. The van der Waals surface area contributed by atoms with E-state index in [-0.39, 0.29) is 11.3 Å². The van der Waals surface area contributed by atoms with Crippen molar-refractivity contribution in [2.24, 2.45) is 0 Å². The van der Waals surface area contributed by atoms with E-state index >= 15 is 0 Å². The SMILES string of the molecule is COc1ccc(CCCNC(=O)C(C)Oc2ccc(C(C)(C)C)cc2)cc1. The normalized spacial score (nSPS) is 12.3. The van der Waals surface area contributed by atoms with Crippen molar-refractivity contribution in [1.29, 1.82) is 0 Å². The van der Waals surface area contributed by atoms with Crippen molar-refractivity contribution in [1.82, 2.24) is 5.32 Å². The minimum Gasteiger partial charge on any atom is -0.497 e. The maximum Gasteiger partial charge on any atom is 0.260 e.